The molecule has 0 unspecified atom stereocenters. The van der Waals surface area contributed by atoms with E-state index in [1.165, 1.54) is 0 Å². The predicted molar refractivity (Wildman–Crippen MR) is 73.3 cm³/mol. The van der Waals surface area contributed by atoms with E-state index >= 15 is 0 Å². The number of hydrogen-bond acceptors (Lipinski definition) is 3. The van der Waals surface area contributed by atoms with E-state index in [-0.39, 0.29) is 24.6 Å². The Morgan fingerprint density at radius 2 is 2.06 bits per heavy atom. The molecular formula is C12H19Cl2NO2. The van der Waals surface area contributed by atoms with Crippen molar-refractivity contribution < 1.29 is 9.84 Å². The van der Waals surface area contributed by atoms with E-state index in [9.17, 15) is 0 Å². The largest absolute Gasteiger partial charge is 0.496 e. The van der Waals surface area contributed by atoms with Gasteiger partial charge in [0, 0.05) is 22.7 Å². The second-order valence-electron chi connectivity index (χ2n) is 4.35. The zero-order valence-corrected chi connectivity index (χ0v) is 11.9. The molecule has 0 heterocycles. The molecule has 0 aliphatic carbocycles. The van der Waals surface area contributed by atoms with Crippen LogP contribution in [0.3, 0.4) is 0 Å². The van der Waals surface area contributed by atoms with Crippen LogP contribution >= 0.6 is 24.0 Å². The van der Waals surface area contributed by atoms with Crippen LogP contribution in [-0.4, -0.2) is 24.4 Å². The molecule has 0 spiro atoms. The smallest absolute Gasteiger partial charge is 0.123 e. The first kappa shape index (κ1) is 16.5. The third kappa shape index (κ3) is 5.13. The molecule has 2 N–H and O–H groups in total. The molecule has 98 valence electrons. The number of ether oxygens (including phenoxy) is 1. The molecule has 0 saturated carbocycles. The molecule has 1 aromatic carbocycles. The lowest BCUT2D eigenvalue weighted by Gasteiger charge is -2.24. The molecule has 0 bridgehead atoms. The van der Waals surface area contributed by atoms with Crippen molar-refractivity contribution in [3.8, 4) is 5.75 Å². The van der Waals surface area contributed by atoms with Crippen LogP contribution in [0.5, 0.6) is 5.75 Å². The van der Waals surface area contributed by atoms with E-state index in [2.05, 4.69) is 5.32 Å². The fraction of sp³-hybridized carbons (Fsp3) is 0.500. The molecular weight excluding hydrogens is 261 g/mol. The van der Waals surface area contributed by atoms with Crippen LogP contribution in [0.25, 0.3) is 0 Å². The summed E-state index contributed by atoms with van der Waals surface area (Å²) in [5, 5.41) is 13.1. The molecule has 0 aliphatic heterocycles. The zero-order valence-electron chi connectivity index (χ0n) is 10.3. The Hall–Kier alpha value is -0.480. The Morgan fingerprint density at radius 1 is 1.41 bits per heavy atom. The molecule has 0 aliphatic rings. The Balaban J connectivity index is 0.00000256. The summed E-state index contributed by atoms with van der Waals surface area (Å²) in [5.74, 6) is 0.797. The summed E-state index contributed by atoms with van der Waals surface area (Å²) >= 11 is 5.92. The molecule has 0 fully saturated rings. The maximum Gasteiger partial charge on any atom is 0.123 e. The zero-order chi connectivity index (χ0) is 12.2. The fourth-order valence-electron chi connectivity index (χ4n) is 1.28. The second-order valence-corrected chi connectivity index (χ2v) is 4.79. The molecule has 0 radical (unpaired) electrons. The lowest BCUT2D eigenvalue weighted by Crippen LogP contribution is -2.42. The van der Waals surface area contributed by atoms with E-state index in [4.69, 9.17) is 21.4 Å². The molecule has 0 atom stereocenters. The van der Waals surface area contributed by atoms with Crippen LogP contribution in [-0.2, 0) is 6.54 Å². The van der Waals surface area contributed by atoms with Crippen molar-refractivity contribution in [2.75, 3.05) is 13.7 Å². The topological polar surface area (TPSA) is 41.5 Å². The monoisotopic (exact) mass is 279 g/mol. The minimum atomic E-state index is -0.312. The van der Waals surface area contributed by atoms with Gasteiger partial charge >= 0.3 is 0 Å². The van der Waals surface area contributed by atoms with Gasteiger partial charge in [-0.3, -0.25) is 0 Å². The Kier molecular flexibility index (Phi) is 6.87. The Morgan fingerprint density at radius 3 is 2.59 bits per heavy atom. The number of methoxy groups -OCH3 is 1. The third-order valence-corrected chi connectivity index (χ3v) is 2.63. The maximum absolute atomic E-state index is 9.13. The molecule has 17 heavy (non-hydrogen) atoms. The third-order valence-electron chi connectivity index (χ3n) is 2.40. The summed E-state index contributed by atoms with van der Waals surface area (Å²) in [4.78, 5) is 0. The van der Waals surface area contributed by atoms with E-state index in [0.29, 0.717) is 11.6 Å². The van der Waals surface area contributed by atoms with Gasteiger partial charge in [-0.25, -0.2) is 0 Å². The molecule has 5 heteroatoms. The molecule has 1 aromatic rings. The van der Waals surface area contributed by atoms with Crippen LogP contribution in [0.4, 0.5) is 0 Å². The summed E-state index contributed by atoms with van der Waals surface area (Å²) in [7, 11) is 1.63. The van der Waals surface area contributed by atoms with Crippen LogP contribution in [0.1, 0.15) is 19.4 Å². The van der Waals surface area contributed by atoms with Gasteiger partial charge in [0.25, 0.3) is 0 Å². The summed E-state index contributed by atoms with van der Waals surface area (Å²) in [6.45, 7) is 4.56. The number of benzene rings is 1. The lowest BCUT2D eigenvalue weighted by atomic mass is 10.1. The van der Waals surface area contributed by atoms with Crippen molar-refractivity contribution >= 4 is 24.0 Å². The minimum Gasteiger partial charge on any atom is -0.496 e. The van der Waals surface area contributed by atoms with E-state index < -0.39 is 0 Å². The van der Waals surface area contributed by atoms with Gasteiger partial charge in [-0.15, -0.1) is 12.4 Å². The number of hydrogen-bond donors (Lipinski definition) is 2. The highest BCUT2D eigenvalue weighted by Crippen LogP contribution is 2.22. The van der Waals surface area contributed by atoms with Gasteiger partial charge in [-0.05, 0) is 32.0 Å². The number of halogens is 2. The second kappa shape index (κ2) is 7.07. The van der Waals surface area contributed by atoms with Crippen LogP contribution in [0.2, 0.25) is 5.02 Å². The maximum atomic E-state index is 9.13. The highest BCUT2D eigenvalue weighted by molar-refractivity contribution is 6.30. The van der Waals surface area contributed by atoms with Gasteiger partial charge in [0.15, 0.2) is 0 Å². The van der Waals surface area contributed by atoms with Crippen molar-refractivity contribution in [1.82, 2.24) is 5.32 Å². The standard InChI is InChI=1S/C12H18ClNO2.ClH/c1-12(2,8-15)14-7-9-6-10(13)4-5-11(9)16-3;/h4-6,14-15H,7-8H2,1-3H3;1H. The summed E-state index contributed by atoms with van der Waals surface area (Å²) in [5.41, 5.74) is 0.671. The number of aliphatic hydroxyl groups excluding tert-OH is 1. The Labute approximate surface area is 114 Å². The first-order valence-electron chi connectivity index (χ1n) is 5.17. The molecule has 1 rings (SSSR count). The van der Waals surface area contributed by atoms with E-state index in [1.54, 1.807) is 13.2 Å². The summed E-state index contributed by atoms with van der Waals surface area (Å²) < 4.78 is 5.24. The normalized spacial score (nSPS) is 10.9. The van der Waals surface area contributed by atoms with E-state index in [1.807, 2.05) is 26.0 Å². The SMILES string of the molecule is COc1ccc(Cl)cc1CNC(C)(C)CO.Cl. The first-order valence-corrected chi connectivity index (χ1v) is 5.54. The fourth-order valence-corrected chi connectivity index (χ4v) is 1.47. The van der Waals surface area contributed by atoms with Crippen molar-refractivity contribution in [3.05, 3.63) is 28.8 Å². The highest BCUT2D eigenvalue weighted by atomic mass is 35.5. The first-order chi connectivity index (χ1) is 7.48. The summed E-state index contributed by atoms with van der Waals surface area (Å²) in [6, 6.07) is 5.49. The van der Waals surface area contributed by atoms with Crippen molar-refractivity contribution in [2.45, 2.75) is 25.9 Å². The van der Waals surface area contributed by atoms with Gasteiger partial charge in [0.05, 0.1) is 13.7 Å². The van der Waals surface area contributed by atoms with Crippen LogP contribution in [0, 0.1) is 0 Å². The van der Waals surface area contributed by atoms with Gasteiger partial charge in [0.1, 0.15) is 5.75 Å². The average molecular weight is 280 g/mol. The number of nitrogens with one attached hydrogen (secondary N) is 1. The van der Waals surface area contributed by atoms with Crippen molar-refractivity contribution in [2.24, 2.45) is 0 Å². The van der Waals surface area contributed by atoms with Gasteiger partial charge in [0.2, 0.25) is 0 Å². The molecule has 0 amide bonds. The average Bonchev–Trinajstić information content (AvgIpc) is 2.27. The van der Waals surface area contributed by atoms with Gasteiger partial charge in [-0.2, -0.15) is 0 Å². The van der Waals surface area contributed by atoms with E-state index in [0.717, 1.165) is 11.3 Å². The molecule has 0 aromatic heterocycles. The molecule has 0 saturated heterocycles. The number of rotatable bonds is 5. The van der Waals surface area contributed by atoms with Crippen molar-refractivity contribution in [3.63, 3.8) is 0 Å². The van der Waals surface area contributed by atoms with Gasteiger partial charge < -0.3 is 15.2 Å². The van der Waals surface area contributed by atoms with Crippen LogP contribution in [0.15, 0.2) is 18.2 Å². The van der Waals surface area contributed by atoms with Crippen molar-refractivity contribution in [1.29, 1.82) is 0 Å². The van der Waals surface area contributed by atoms with Gasteiger partial charge in [-0.1, -0.05) is 11.6 Å². The highest BCUT2D eigenvalue weighted by Gasteiger charge is 2.16. The predicted octanol–water partition coefficient (Wildman–Crippen LogP) is 2.63. The van der Waals surface area contributed by atoms with Crippen LogP contribution < -0.4 is 10.1 Å². The molecule has 3 nitrogen and oxygen atoms in total. The lowest BCUT2D eigenvalue weighted by molar-refractivity contribution is 0.187. The summed E-state index contributed by atoms with van der Waals surface area (Å²) in [6.07, 6.45) is 0. The Bertz CT molecular complexity index is 356. The quantitative estimate of drug-likeness (QED) is 0.871. The number of aliphatic hydroxyl groups is 1. The minimum absolute atomic E-state index is 0.